The normalized spacial score (nSPS) is 11.8. The highest BCUT2D eigenvalue weighted by Gasteiger charge is 2.11. The highest BCUT2D eigenvalue weighted by Crippen LogP contribution is 2.19. The molecule has 0 aliphatic heterocycles. The van der Waals surface area contributed by atoms with Crippen LogP contribution in [0.1, 0.15) is 40.9 Å². The molecule has 0 fully saturated rings. The van der Waals surface area contributed by atoms with Crippen LogP contribution < -0.4 is 10.1 Å². The predicted octanol–water partition coefficient (Wildman–Crippen LogP) is 3.80. The molecule has 0 bridgehead atoms. The molecule has 0 saturated carbocycles. The number of carboxylic acid groups (broad SMARTS) is 1. The largest absolute Gasteiger partial charge is 0.478 e. The van der Waals surface area contributed by atoms with Crippen molar-refractivity contribution in [1.29, 1.82) is 0 Å². The standard InChI is InChI=1S/C19H19F2NO4/c1-12(14-7-9-16(10-8-14)26-19(20)21)22-17(23)11-4-13-2-5-15(6-3-13)18(24)25/h2-3,5-10,12,19H,4,11H2,1H3,(H,22,23)(H,24,25). The van der Waals surface area contributed by atoms with E-state index in [1.807, 2.05) is 0 Å². The molecule has 0 aliphatic rings. The van der Waals surface area contributed by atoms with Gasteiger partial charge in [-0.15, -0.1) is 0 Å². The first-order valence-corrected chi connectivity index (χ1v) is 8.01. The topological polar surface area (TPSA) is 75.6 Å². The molecule has 5 nitrogen and oxygen atoms in total. The summed E-state index contributed by atoms with van der Waals surface area (Å²) in [6.07, 6.45) is 0.739. The van der Waals surface area contributed by atoms with Gasteiger partial charge in [-0.25, -0.2) is 4.79 Å². The summed E-state index contributed by atoms with van der Waals surface area (Å²) >= 11 is 0. The summed E-state index contributed by atoms with van der Waals surface area (Å²) < 4.78 is 28.5. The zero-order chi connectivity index (χ0) is 19.1. The zero-order valence-electron chi connectivity index (χ0n) is 14.1. The number of ether oxygens (including phenoxy) is 1. The van der Waals surface area contributed by atoms with Crippen LogP contribution in [0.25, 0.3) is 0 Å². The van der Waals surface area contributed by atoms with Gasteiger partial charge < -0.3 is 15.2 Å². The number of amides is 1. The van der Waals surface area contributed by atoms with Gasteiger partial charge in [0.2, 0.25) is 5.91 Å². The van der Waals surface area contributed by atoms with Crippen molar-refractivity contribution in [1.82, 2.24) is 5.32 Å². The van der Waals surface area contributed by atoms with E-state index in [1.165, 1.54) is 24.3 Å². The fraction of sp³-hybridized carbons (Fsp3) is 0.263. The number of rotatable bonds is 8. The molecule has 0 aromatic heterocycles. The van der Waals surface area contributed by atoms with Crippen LogP contribution in [0.15, 0.2) is 48.5 Å². The summed E-state index contributed by atoms with van der Waals surface area (Å²) in [5.74, 6) is -1.09. The number of carbonyl (C=O) groups excluding carboxylic acids is 1. The van der Waals surface area contributed by atoms with E-state index in [0.717, 1.165) is 11.1 Å². The predicted molar refractivity (Wildman–Crippen MR) is 91.4 cm³/mol. The van der Waals surface area contributed by atoms with E-state index in [0.29, 0.717) is 6.42 Å². The number of hydrogen-bond acceptors (Lipinski definition) is 3. The maximum absolute atomic E-state index is 12.1. The lowest BCUT2D eigenvalue weighted by atomic mass is 10.1. The average molecular weight is 363 g/mol. The van der Waals surface area contributed by atoms with Gasteiger partial charge in [0, 0.05) is 6.42 Å². The summed E-state index contributed by atoms with van der Waals surface area (Å²) in [6, 6.07) is 12.2. The molecule has 0 radical (unpaired) electrons. The van der Waals surface area contributed by atoms with E-state index < -0.39 is 12.6 Å². The highest BCUT2D eigenvalue weighted by molar-refractivity contribution is 5.87. The molecule has 0 heterocycles. The average Bonchev–Trinajstić information content (AvgIpc) is 2.60. The lowest BCUT2D eigenvalue weighted by molar-refractivity contribution is -0.121. The number of carboxylic acids is 1. The van der Waals surface area contributed by atoms with Crippen molar-refractivity contribution in [2.24, 2.45) is 0 Å². The molecule has 0 spiro atoms. The van der Waals surface area contributed by atoms with Crippen LogP contribution in [-0.2, 0) is 11.2 Å². The molecule has 1 atom stereocenters. The van der Waals surface area contributed by atoms with Gasteiger partial charge in [0.05, 0.1) is 11.6 Å². The number of alkyl halides is 2. The Morgan fingerprint density at radius 1 is 1.08 bits per heavy atom. The van der Waals surface area contributed by atoms with Crippen LogP contribution >= 0.6 is 0 Å². The van der Waals surface area contributed by atoms with Crippen LogP contribution in [0.2, 0.25) is 0 Å². The monoisotopic (exact) mass is 363 g/mol. The van der Waals surface area contributed by atoms with Gasteiger partial charge in [-0.3, -0.25) is 4.79 Å². The van der Waals surface area contributed by atoms with Crippen molar-refractivity contribution in [3.05, 3.63) is 65.2 Å². The molecular weight excluding hydrogens is 344 g/mol. The van der Waals surface area contributed by atoms with E-state index >= 15 is 0 Å². The second kappa shape index (κ2) is 8.94. The first kappa shape index (κ1) is 19.4. The van der Waals surface area contributed by atoms with Crippen molar-refractivity contribution < 1.29 is 28.2 Å². The Morgan fingerprint density at radius 3 is 2.23 bits per heavy atom. The van der Waals surface area contributed by atoms with E-state index in [2.05, 4.69) is 10.1 Å². The third-order valence-electron chi connectivity index (χ3n) is 3.82. The van der Waals surface area contributed by atoms with Crippen molar-refractivity contribution in [2.45, 2.75) is 32.4 Å². The maximum atomic E-state index is 12.1. The minimum Gasteiger partial charge on any atom is -0.478 e. The summed E-state index contributed by atoms with van der Waals surface area (Å²) in [6.45, 7) is -1.08. The Labute approximate surface area is 149 Å². The lowest BCUT2D eigenvalue weighted by Crippen LogP contribution is -2.26. The number of halogens is 2. The molecule has 0 saturated heterocycles. The number of carbonyl (C=O) groups is 2. The van der Waals surface area contributed by atoms with Crippen LogP contribution in [0, 0.1) is 0 Å². The zero-order valence-corrected chi connectivity index (χ0v) is 14.1. The lowest BCUT2D eigenvalue weighted by Gasteiger charge is -2.15. The molecular formula is C19H19F2NO4. The van der Waals surface area contributed by atoms with Crippen LogP contribution in [0.3, 0.4) is 0 Å². The summed E-state index contributed by atoms with van der Waals surface area (Å²) in [4.78, 5) is 22.9. The fourth-order valence-corrected chi connectivity index (χ4v) is 2.41. The summed E-state index contributed by atoms with van der Waals surface area (Å²) in [5.41, 5.74) is 1.84. The summed E-state index contributed by atoms with van der Waals surface area (Å²) in [5, 5.41) is 11.7. The summed E-state index contributed by atoms with van der Waals surface area (Å²) in [7, 11) is 0. The minimum atomic E-state index is -2.87. The Bertz CT molecular complexity index is 745. The van der Waals surface area contributed by atoms with Crippen molar-refractivity contribution >= 4 is 11.9 Å². The van der Waals surface area contributed by atoms with Gasteiger partial charge in [0.15, 0.2) is 0 Å². The van der Waals surface area contributed by atoms with E-state index in [4.69, 9.17) is 5.11 Å². The number of aromatic carboxylic acids is 1. The van der Waals surface area contributed by atoms with Gasteiger partial charge in [0.25, 0.3) is 0 Å². The molecule has 1 unspecified atom stereocenters. The van der Waals surface area contributed by atoms with Gasteiger partial charge in [-0.1, -0.05) is 24.3 Å². The van der Waals surface area contributed by atoms with Crippen LogP contribution in [-0.4, -0.2) is 23.6 Å². The molecule has 1 amide bonds. The van der Waals surface area contributed by atoms with Gasteiger partial charge in [-0.05, 0) is 48.7 Å². The number of hydrogen-bond donors (Lipinski definition) is 2. The molecule has 26 heavy (non-hydrogen) atoms. The minimum absolute atomic E-state index is 0.0621. The van der Waals surface area contributed by atoms with Crippen LogP contribution in [0.5, 0.6) is 5.75 Å². The Morgan fingerprint density at radius 2 is 1.69 bits per heavy atom. The number of aryl methyl sites for hydroxylation is 1. The van der Waals surface area contributed by atoms with E-state index in [9.17, 15) is 18.4 Å². The fourth-order valence-electron chi connectivity index (χ4n) is 2.41. The second-order valence-electron chi connectivity index (χ2n) is 5.74. The molecule has 7 heteroatoms. The smallest absolute Gasteiger partial charge is 0.387 e. The first-order valence-electron chi connectivity index (χ1n) is 8.01. The molecule has 2 rings (SSSR count). The highest BCUT2D eigenvalue weighted by atomic mass is 19.3. The van der Waals surface area contributed by atoms with Crippen molar-refractivity contribution in [3.63, 3.8) is 0 Å². The third kappa shape index (κ3) is 5.84. The molecule has 0 aliphatic carbocycles. The van der Waals surface area contributed by atoms with E-state index in [1.54, 1.807) is 31.2 Å². The van der Waals surface area contributed by atoms with Crippen LogP contribution in [0.4, 0.5) is 8.78 Å². The van der Waals surface area contributed by atoms with Gasteiger partial charge in [0.1, 0.15) is 5.75 Å². The van der Waals surface area contributed by atoms with Crippen molar-refractivity contribution in [3.8, 4) is 5.75 Å². The van der Waals surface area contributed by atoms with E-state index in [-0.39, 0.29) is 29.7 Å². The maximum Gasteiger partial charge on any atom is 0.387 e. The SMILES string of the molecule is CC(NC(=O)CCc1ccc(C(=O)O)cc1)c1ccc(OC(F)F)cc1. The Kier molecular flexibility index (Phi) is 6.66. The molecule has 2 aromatic rings. The Balaban J connectivity index is 1.83. The first-order chi connectivity index (χ1) is 12.3. The van der Waals surface area contributed by atoms with Gasteiger partial charge in [-0.2, -0.15) is 8.78 Å². The quantitative estimate of drug-likeness (QED) is 0.748. The second-order valence-corrected chi connectivity index (χ2v) is 5.74. The van der Waals surface area contributed by atoms with Crippen molar-refractivity contribution in [2.75, 3.05) is 0 Å². The van der Waals surface area contributed by atoms with Gasteiger partial charge >= 0.3 is 12.6 Å². The third-order valence-corrected chi connectivity index (χ3v) is 3.82. The number of benzene rings is 2. The Hall–Kier alpha value is -2.96. The number of nitrogens with one attached hydrogen (secondary N) is 1. The molecule has 2 N–H and O–H groups in total. The molecule has 138 valence electrons. The molecule has 2 aromatic carbocycles.